The molecule has 0 radical (unpaired) electrons. The lowest BCUT2D eigenvalue weighted by atomic mass is 10.2. The second kappa shape index (κ2) is 4.15. The summed E-state index contributed by atoms with van der Waals surface area (Å²) >= 11 is 0. The molecule has 2 N–H and O–H groups in total. The molecule has 1 aliphatic rings. The number of rotatable bonds is 2. The van der Waals surface area contributed by atoms with Gasteiger partial charge in [-0.1, -0.05) is 0 Å². The monoisotopic (exact) mass is 282 g/mol. The van der Waals surface area contributed by atoms with Gasteiger partial charge in [0.2, 0.25) is 0 Å². The zero-order chi connectivity index (χ0) is 14.6. The largest absolute Gasteiger partial charge is 0.383 e. The highest BCUT2D eigenvalue weighted by atomic mass is 16.1. The molecule has 7 heteroatoms. The molecule has 21 heavy (non-hydrogen) atoms. The van der Waals surface area contributed by atoms with Gasteiger partial charge in [0.25, 0.3) is 0 Å². The number of nitrogen functional groups attached to an aromatic ring is 1. The SMILES string of the molecule is Cn1nccc1-n1c(=O)nc(N)c2ccc(C3CC3)nc21. The molecule has 0 atom stereocenters. The molecule has 0 amide bonds. The Bertz CT molecular complexity index is 905. The Balaban J connectivity index is 2.10. The number of fused-ring (bicyclic) bond motifs is 1. The Labute approximate surface area is 120 Å². The van der Waals surface area contributed by atoms with Crippen molar-refractivity contribution >= 4 is 16.9 Å². The maximum absolute atomic E-state index is 12.3. The summed E-state index contributed by atoms with van der Waals surface area (Å²) in [5.41, 5.74) is 6.98. The molecule has 3 heterocycles. The van der Waals surface area contributed by atoms with Crippen LogP contribution in [0.1, 0.15) is 24.5 Å². The lowest BCUT2D eigenvalue weighted by molar-refractivity contribution is 0.720. The van der Waals surface area contributed by atoms with Gasteiger partial charge < -0.3 is 5.73 Å². The molecule has 7 nitrogen and oxygen atoms in total. The number of anilines is 1. The van der Waals surface area contributed by atoms with E-state index in [0.29, 0.717) is 22.8 Å². The van der Waals surface area contributed by atoms with E-state index >= 15 is 0 Å². The Hall–Kier alpha value is -2.70. The van der Waals surface area contributed by atoms with Crippen molar-refractivity contribution in [3.05, 3.63) is 40.6 Å². The quantitative estimate of drug-likeness (QED) is 0.756. The predicted octanol–water partition coefficient (Wildman–Crippen LogP) is 0.974. The number of nitrogens with two attached hydrogens (primary N) is 1. The average Bonchev–Trinajstić information content (AvgIpc) is 3.23. The molecule has 3 aromatic heterocycles. The van der Waals surface area contributed by atoms with Crippen LogP contribution in [0.2, 0.25) is 0 Å². The van der Waals surface area contributed by atoms with Gasteiger partial charge in [0.15, 0.2) is 5.65 Å². The first-order valence-corrected chi connectivity index (χ1v) is 6.82. The minimum absolute atomic E-state index is 0.211. The minimum Gasteiger partial charge on any atom is -0.383 e. The molecule has 0 saturated heterocycles. The van der Waals surface area contributed by atoms with Gasteiger partial charge in [-0.25, -0.2) is 14.3 Å². The van der Waals surface area contributed by atoms with Crippen LogP contribution in [0, 0.1) is 0 Å². The van der Waals surface area contributed by atoms with Crippen molar-refractivity contribution < 1.29 is 0 Å². The van der Waals surface area contributed by atoms with E-state index in [1.165, 1.54) is 4.57 Å². The second-order valence-electron chi connectivity index (χ2n) is 5.31. The third kappa shape index (κ3) is 1.81. The summed E-state index contributed by atoms with van der Waals surface area (Å²) in [7, 11) is 1.77. The lowest BCUT2D eigenvalue weighted by Gasteiger charge is -2.11. The molecular formula is C14H14N6O. The normalized spacial score (nSPS) is 14.7. The van der Waals surface area contributed by atoms with Crippen LogP contribution < -0.4 is 11.4 Å². The topological polar surface area (TPSA) is 91.6 Å². The first-order valence-electron chi connectivity index (χ1n) is 6.82. The summed E-state index contributed by atoms with van der Waals surface area (Å²) in [6.45, 7) is 0. The van der Waals surface area contributed by atoms with Crippen LogP contribution in [0.3, 0.4) is 0 Å². The van der Waals surface area contributed by atoms with Gasteiger partial charge in [-0.2, -0.15) is 10.1 Å². The second-order valence-corrected chi connectivity index (χ2v) is 5.31. The summed E-state index contributed by atoms with van der Waals surface area (Å²) in [6.07, 6.45) is 3.93. The number of nitrogens with zero attached hydrogens (tertiary/aromatic N) is 5. The zero-order valence-corrected chi connectivity index (χ0v) is 11.5. The zero-order valence-electron chi connectivity index (χ0n) is 11.5. The van der Waals surface area contributed by atoms with Gasteiger partial charge in [0.05, 0.1) is 11.6 Å². The molecule has 0 bridgehead atoms. The van der Waals surface area contributed by atoms with Crippen molar-refractivity contribution in [1.82, 2.24) is 24.3 Å². The van der Waals surface area contributed by atoms with E-state index in [1.54, 1.807) is 24.0 Å². The van der Waals surface area contributed by atoms with Gasteiger partial charge in [-0.15, -0.1) is 0 Å². The Morgan fingerprint density at radius 1 is 1.24 bits per heavy atom. The van der Waals surface area contributed by atoms with Crippen LogP contribution in [0.15, 0.2) is 29.2 Å². The van der Waals surface area contributed by atoms with Gasteiger partial charge in [-0.05, 0) is 25.0 Å². The molecule has 106 valence electrons. The summed E-state index contributed by atoms with van der Waals surface area (Å²) in [4.78, 5) is 20.8. The average molecular weight is 282 g/mol. The number of pyridine rings is 1. The van der Waals surface area contributed by atoms with E-state index in [4.69, 9.17) is 5.73 Å². The van der Waals surface area contributed by atoms with E-state index in [-0.39, 0.29) is 5.82 Å². The maximum Gasteiger partial charge on any atom is 0.357 e. The third-order valence-electron chi connectivity index (χ3n) is 3.81. The van der Waals surface area contributed by atoms with Crippen molar-refractivity contribution in [3.8, 4) is 5.82 Å². The first kappa shape index (κ1) is 12.1. The molecule has 1 aliphatic carbocycles. The van der Waals surface area contributed by atoms with E-state index in [9.17, 15) is 4.79 Å². The van der Waals surface area contributed by atoms with Crippen molar-refractivity contribution in [3.63, 3.8) is 0 Å². The fourth-order valence-electron chi connectivity index (χ4n) is 2.54. The molecule has 3 aromatic rings. The summed E-state index contributed by atoms with van der Waals surface area (Å²) < 4.78 is 3.08. The fraction of sp³-hybridized carbons (Fsp3) is 0.286. The highest BCUT2D eigenvalue weighted by Crippen LogP contribution is 2.39. The number of hydrogen-bond acceptors (Lipinski definition) is 5. The molecular weight excluding hydrogens is 268 g/mol. The summed E-state index contributed by atoms with van der Waals surface area (Å²) in [6, 6.07) is 5.62. The van der Waals surface area contributed by atoms with Crippen LogP contribution in [-0.2, 0) is 7.05 Å². The minimum atomic E-state index is -0.441. The van der Waals surface area contributed by atoms with Crippen LogP contribution in [0.5, 0.6) is 0 Å². The van der Waals surface area contributed by atoms with Crippen molar-refractivity contribution in [2.75, 3.05) is 5.73 Å². The van der Waals surface area contributed by atoms with Gasteiger partial charge in [0, 0.05) is 24.7 Å². The van der Waals surface area contributed by atoms with Crippen LogP contribution in [0.4, 0.5) is 5.82 Å². The fourth-order valence-corrected chi connectivity index (χ4v) is 2.54. The predicted molar refractivity (Wildman–Crippen MR) is 78.3 cm³/mol. The molecule has 1 saturated carbocycles. The Morgan fingerprint density at radius 2 is 2.05 bits per heavy atom. The van der Waals surface area contributed by atoms with Crippen LogP contribution in [0.25, 0.3) is 16.9 Å². The van der Waals surface area contributed by atoms with Crippen molar-refractivity contribution in [1.29, 1.82) is 0 Å². The smallest absolute Gasteiger partial charge is 0.357 e. The highest BCUT2D eigenvalue weighted by molar-refractivity contribution is 5.86. The maximum atomic E-state index is 12.3. The number of hydrogen-bond donors (Lipinski definition) is 1. The molecule has 0 spiro atoms. The lowest BCUT2D eigenvalue weighted by Crippen LogP contribution is -2.25. The standard InChI is InChI=1S/C14H14N6O/c1-19-11(6-7-16-19)20-13-9(12(15)18-14(20)21)4-5-10(17-13)8-2-3-8/h4-8H,2-3H2,1H3,(H2,15,18,21). The van der Waals surface area contributed by atoms with Crippen LogP contribution >= 0.6 is 0 Å². The van der Waals surface area contributed by atoms with Gasteiger partial charge in [-0.3, -0.25) is 4.68 Å². The molecule has 4 rings (SSSR count). The van der Waals surface area contributed by atoms with E-state index in [1.807, 2.05) is 12.1 Å². The molecule has 0 aliphatic heterocycles. The van der Waals surface area contributed by atoms with E-state index in [2.05, 4.69) is 15.1 Å². The van der Waals surface area contributed by atoms with Gasteiger partial charge >= 0.3 is 5.69 Å². The summed E-state index contributed by atoms with van der Waals surface area (Å²) in [5.74, 6) is 1.33. The number of aryl methyl sites for hydroxylation is 1. The first-order chi connectivity index (χ1) is 10.1. The van der Waals surface area contributed by atoms with Gasteiger partial charge in [0.1, 0.15) is 11.6 Å². The Morgan fingerprint density at radius 3 is 2.71 bits per heavy atom. The van der Waals surface area contributed by atoms with Crippen LogP contribution in [-0.4, -0.2) is 24.3 Å². The van der Waals surface area contributed by atoms with E-state index < -0.39 is 5.69 Å². The molecule has 1 fully saturated rings. The Kier molecular flexibility index (Phi) is 2.38. The highest BCUT2D eigenvalue weighted by Gasteiger charge is 2.26. The van der Waals surface area contributed by atoms with Crippen molar-refractivity contribution in [2.24, 2.45) is 7.05 Å². The van der Waals surface area contributed by atoms with Crippen molar-refractivity contribution in [2.45, 2.75) is 18.8 Å². The van der Waals surface area contributed by atoms with E-state index in [0.717, 1.165) is 18.5 Å². The number of aromatic nitrogens is 5. The molecule has 0 aromatic carbocycles. The third-order valence-corrected chi connectivity index (χ3v) is 3.81. The molecule has 0 unspecified atom stereocenters. The summed E-state index contributed by atoms with van der Waals surface area (Å²) in [5, 5.41) is 4.78.